The lowest BCUT2D eigenvalue weighted by Gasteiger charge is -2.30. The van der Waals surface area contributed by atoms with Crippen molar-refractivity contribution in [1.29, 1.82) is 0 Å². The number of hydrogen-bond donors (Lipinski definition) is 1. The Kier molecular flexibility index (Phi) is 6.89. The summed E-state index contributed by atoms with van der Waals surface area (Å²) >= 11 is 0. The van der Waals surface area contributed by atoms with Crippen LogP contribution < -0.4 is 10.2 Å². The highest BCUT2D eigenvalue weighted by atomic mass is 32.2. The molecule has 0 aliphatic carbocycles. The van der Waals surface area contributed by atoms with E-state index in [4.69, 9.17) is 4.74 Å². The maximum Gasteiger partial charge on any atom is 0.255 e. The van der Waals surface area contributed by atoms with Gasteiger partial charge in [0.15, 0.2) is 0 Å². The molecule has 156 valence electrons. The van der Waals surface area contributed by atoms with Gasteiger partial charge in [0.25, 0.3) is 5.91 Å². The standard InChI is InChI=1S/C21H27N3O4S/c1-3-24(4-2)29(26,27)18-11-9-17(10-12-18)21(25)22-19-7-5-6-8-20(19)23-13-15-28-16-14-23/h5-12H,3-4,13-16H2,1-2H3,(H,22,25). The summed E-state index contributed by atoms with van der Waals surface area (Å²) in [5, 5.41) is 2.95. The lowest BCUT2D eigenvalue weighted by atomic mass is 10.2. The third kappa shape index (κ3) is 4.77. The number of ether oxygens (including phenoxy) is 1. The lowest BCUT2D eigenvalue weighted by molar-refractivity contribution is 0.102. The Hall–Kier alpha value is -2.42. The Bertz CT molecular complexity index is 935. The summed E-state index contributed by atoms with van der Waals surface area (Å²) in [5.74, 6) is -0.280. The number of anilines is 2. The monoisotopic (exact) mass is 417 g/mol. The first kappa shape index (κ1) is 21.3. The highest BCUT2D eigenvalue weighted by molar-refractivity contribution is 7.89. The number of hydrogen-bond acceptors (Lipinski definition) is 5. The molecule has 29 heavy (non-hydrogen) atoms. The SMILES string of the molecule is CCN(CC)S(=O)(=O)c1ccc(C(=O)Nc2ccccc2N2CCOCC2)cc1. The van der Waals surface area contributed by atoms with Crippen molar-refractivity contribution >= 4 is 27.3 Å². The Morgan fingerprint density at radius 3 is 2.28 bits per heavy atom. The van der Waals surface area contributed by atoms with Crippen molar-refractivity contribution in [3.05, 3.63) is 54.1 Å². The number of morpholine rings is 1. The van der Waals surface area contributed by atoms with E-state index in [9.17, 15) is 13.2 Å². The number of amides is 1. The molecule has 1 amide bonds. The second-order valence-electron chi connectivity index (χ2n) is 6.68. The van der Waals surface area contributed by atoms with Gasteiger partial charge in [0.2, 0.25) is 10.0 Å². The van der Waals surface area contributed by atoms with Crippen molar-refractivity contribution < 1.29 is 17.9 Å². The van der Waals surface area contributed by atoms with Crippen molar-refractivity contribution in [3.8, 4) is 0 Å². The Morgan fingerprint density at radius 1 is 1.03 bits per heavy atom. The molecule has 2 aromatic rings. The van der Waals surface area contributed by atoms with Crippen LogP contribution in [0.15, 0.2) is 53.4 Å². The van der Waals surface area contributed by atoms with Gasteiger partial charge in [0.1, 0.15) is 0 Å². The number of carbonyl (C=O) groups is 1. The zero-order valence-electron chi connectivity index (χ0n) is 16.8. The van der Waals surface area contributed by atoms with E-state index in [-0.39, 0.29) is 10.8 Å². The van der Waals surface area contributed by atoms with E-state index in [1.165, 1.54) is 16.4 Å². The number of benzene rings is 2. The van der Waals surface area contributed by atoms with Gasteiger partial charge in [-0.3, -0.25) is 4.79 Å². The van der Waals surface area contributed by atoms with Crippen LogP contribution in [0, 0.1) is 0 Å². The average Bonchev–Trinajstić information content (AvgIpc) is 2.75. The van der Waals surface area contributed by atoms with E-state index < -0.39 is 10.0 Å². The van der Waals surface area contributed by atoms with Crippen LogP contribution in [0.25, 0.3) is 0 Å². The second kappa shape index (κ2) is 9.39. The molecule has 8 heteroatoms. The largest absolute Gasteiger partial charge is 0.378 e. The number of nitrogens with zero attached hydrogens (tertiary/aromatic N) is 2. The normalized spacial score (nSPS) is 14.8. The molecule has 0 bridgehead atoms. The van der Waals surface area contributed by atoms with Crippen LogP contribution in [0.3, 0.4) is 0 Å². The lowest BCUT2D eigenvalue weighted by Crippen LogP contribution is -2.36. The van der Waals surface area contributed by atoms with Crippen LogP contribution in [-0.2, 0) is 14.8 Å². The van der Waals surface area contributed by atoms with Gasteiger partial charge in [-0.25, -0.2) is 8.42 Å². The fraction of sp³-hybridized carbons (Fsp3) is 0.381. The summed E-state index contributed by atoms with van der Waals surface area (Å²) in [4.78, 5) is 15.1. The molecule has 1 heterocycles. The van der Waals surface area contributed by atoms with Gasteiger partial charge >= 0.3 is 0 Å². The second-order valence-corrected chi connectivity index (χ2v) is 8.62. The van der Waals surface area contributed by atoms with Crippen molar-refractivity contribution in [1.82, 2.24) is 4.31 Å². The number of para-hydroxylation sites is 2. The van der Waals surface area contributed by atoms with Gasteiger partial charge in [-0.15, -0.1) is 0 Å². The minimum absolute atomic E-state index is 0.187. The van der Waals surface area contributed by atoms with Crippen LogP contribution in [0.1, 0.15) is 24.2 Å². The molecule has 0 saturated carbocycles. The summed E-state index contributed by atoms with van der Waals surface area (Å²) in [5.41, 5.74) is 2.07. The molecule has 1 saturated heterocycles. The van der Waals surface area contributed by atoms with E-state index in [0.29, 0.717) is 31.9 Å². The fourth-order valence-electron chi connectivity index (χ4n) is 3.34. The predicted octanol–water partition coefficient (Wildman–Crippen LogP) is 2.81. The van der Waals surface area contributed by atoms with Crippen molar-refractivity contribution in [3.63, 3.8) is 0 Å². The number of sulfonamides is 1. The molecule has 0 spiro atoms. The molecule has 2 aromatic carbocycles. The van der Waals surface area contributed by atoms with E-state index in [2.05, 4.69) is 10.2 Å². The molecule has 0 unspecified atom stereocenters. The summed E-state index contributed by atoms with van der Waals surface area (Å²) in [7, 11) is -3.54. The van der Waals surface area contributed by atoms with E-state index in [1.54, 1.807) is 26.0 Å². The minimum atomic E-state index is -3.54. The predicted molar refractivity (Wildman–Crippen MR) is 114 cm³/mol. The molecule has 0 aromatic heterocycles. The number of nitrogens with one attached hydrogen (secondary N) is 1. The van der Waals surface area contributed by atoms with Crippen LogP contribution >= 0.6 is 0 Å². The van der Waals surface area contributed by atoms with E-state index in [1.807, 2.05) is 24.3 Å². The first-order valence-electron chi connectivity index (χ1n) is 9.80. The van der Waals surface area contributed by atoms with Crippen LogP contribution in [0.2, 0.25) is 0 Å². The van der Waals surface area contributed by atoms with Crippen molar-refractivity contribution in [2.75, 3.05) is 49.6 Å². The third-order valence-corrected chi connectivity index (χ3v) is 7.03. The topological polar surface area (TPSA) is 79.0 Å². The zero-order chi connectivity index (χ0) is 20.9. The van der Waals surface area contributed by atoms with Crippen LogP contribution in [-0.4, -0.2) is 58.0 Å². The van der Waals surface area contributed by atoms with Gasteiger partial charge in [-0.1, -0.05) is 26.0 Å². The maximum absolute atomic E-state index is 12.7. The van der Waals surface area contributed by atoms with Gasteiger partial charge in [0.05, 0.1) is 29.5 Å². The average molecular weight is 418 g/mol. The first-order chi connectivity index (χ1) is 14.0. The van der Waals surface area contributed by atoms with Crippen LogP contribution in [0.5, 0.6) is 0 Å². The smallest absolute Gasteiger partial charge is 0.255 e. The zero-order valence-corrected chi connectivity index (χ0v) is 17.6. The van der Waals surface area contributed by atoms with Gasteiger partial charge < -0.3 is 15.0 Å². The number of rotatable bonds is 7. The van der Waals surface area contributed by atoms with Gasteiger partial charge in [-0.05, 0) is 36.4 Å². The van der Waals surface area contributed by atoms with Crippen LogP contribution in [0.4, 0.5) is 11.4 Å². The Labute approximate surface area is 172 Å². The molecule has 1 aliphatic heterocycles. The Morgan fingerprint density at radius 2 is 1.66 bits per heavy atom. The number of carbonyl (C=O) groups excluding carboxylic acids is 1. The molecule has 0 radical (unpaired) electrons. The minimum Gasteiger partial charge on any atom is -0.378 e. The molecule has 0 atom stereocenters. The maximum atomic E-state index is 12.7. The quantitative estimate of drug-likeness (QED) is 0.749. The summed E-state index contributed by atoms with van der Waals surface area (Å²) < 4.78 is 32.0. The first-order valence-corrected chi connectivity index (χ1v) is 11.2. The molecule has 7 nitrogen and oxygen atoms in total. The molecule has 3 rings (SSSR count). The third-order valence-electron chi connectivity index (χ3n) is 4.96. The fourth-order valence-corrected chi connectivity index (χ4v) is 4.80. The highest BCUT2D eigenvalue weighted by Crippen LogP contribution is 2.27. The van der Waals surface area contributed by atoms with Crippen molar-refractivity contribution in [2.45, 2.75) is 18.7 Å². The van der Waals surface area contributed by atoms with E-state index in [0.717, 1.165) is 24.5 Å². The molecule has 1 aliphatic rings. The molecule has 1 N–H and O–H groups in total. The molecular weight excluding hydrogens is 390 g/mol. The molecular formula is C21H27N3O4S. The summed E-state index contributed by atoms with van der Waals surface area (Å²) in [6.45, 7) is 7.26. The van der Waals surface area contributed by atoms with Gasteiger partial charge in [-0.2, -0.15) is 4.31 Å². The van der Waals surface area contributed by atoms with Crippen molar-refractivity contribution in [2.24, 2.45) is 0 Å². The Balaban J connectivity index is 1.77. The highest BCUT2D eigenvalue weighted by Gasteiger charge is 2.22. The van der Waals surface area contributed by atoms with E-state index >= 15 is 0 Å². The molecule has 1 fully saturated rings. The summed E-state index contributed by atoms with van der Waals surface area (Å²) in [6.07, 6.45) is 0. The van der Waals surface area contributed by atoms with Gasteiger partial charge in [0, 0.05) is 31.7 Å². The summed E-state index contributed by atoms with van der Waals surface area (Å²) in [6, 6.07) is 13.7.